The highest BCUT2D eigenvalue weighted by Crippen LogP contribution is 2.20. The van der Waals surface area contributed by atoms with Crippen molar-refractivity contribution in [3.05, 3.63) is 37.7 Å². The Bertz CT molecular complexity index is 510. The van der Waals surface area contributed by atoms with Gasteiger partial charge in [-0.1, -0.05) is 0 Å². The Balaban J connectivity index is 3.56. The molecule has 1 heterocycles. The van der Waals surface area contributed by atoms with Gasteiger partial charge in [-0.05, 0) is 11.0 Å². The number of nitro groups is 1. The van der Waals surface area contributed by atoms with Crippen LogP contribution in [0.1, 0.15) is 22.3 Å². The minimum atomic E-state index is -3.21. The first kappa shape index (κ1) is 11.8. The maximum absolute atomic E-state index is 12.2. The van der Waals surface area contributed by atoms with E-state index in [4.69, 9.17) is 5.11 Å². The predicted molar refractivity (Wildman–Crippen MR) is 45.6 cm³/mol. The Morgan fingerprint density at radius 3 is 2.50 bits per heavy atom. The van der Waals surface area contributed by atoms with Crippen LogP contribution in [0.4, 0.5) is 14.6 Å². The third kappa shape index (κ3) is 2.02. The van der Waals surface area contributed by atoms with E-state index in [0.717, 1.165) is 0 Å². The minimum Gasteiger partial charge on any atom is -0.477 e. The monoisotopic (exact) mass is 234 g/mol. The summed E-state index contributed by atoms with van der Waals surface area (Å²) in [4.78, 5) is 32.1. The molecule has 0 bridgehead atoms. The third-order valence-electron chi connectivity index (χ3n) is 1.70. The lowest BCUT2D eigenvalue weighted by Gasteiger charge is -2.01. The van der Waals surface area contributed by atoms with E-state index in [1.807, 2.05) is 0 Å². The first-order chi connectivity index (χ1) is 7.34. The van der Waals surface area contributed by atoms with Crippen LogP contribution in [0.25, 0.3) is 0 Å². The zero-order valence-electron chi connectivity index (χ0n) is 7.44. The van der Waals surface area contributed by atoms with E-state index >= 15 is 0 Å². The van der Waals surface area contributed by atoms with Crippen molar-refractivity contribution in [1.29, 1.82) is 0 Å². The summed E-state index contributed by atoms with van der Waals surface area (Å²) in [6.45, 7) is 0. The number of hydrogen-bond acceptors (Lipinski definition) is 4. The molecule has 2 N–H and O–H groups in total. The number of halogens is 2. The van der Waals surface area contributed by atoms with E-state index in [9.17, 15) is 28.5 Å². The first-order valence-corrected chi connectivity index (χ1v) is 3.77. The summed E-state index contributed by atoms with van der Waals surface area (Å²) in [7, 11) is 0. The molecule has 1 rings (SSSR count). The molecule has 0 amide bonds. The highest BCUT2D eigenvalue weighted by molar-refractivity contribution is 5.91. The number of carboxylic acids is 1. The topological polar surface area (TPSA) is 113 Å². The largest absolute Gasteiger partial charge is 0.477 e. The molecule has 0 aliphatic rings. The minimum absolute atomic E-state index is 0.296. The van der Waals surface area contributed by atoms with Gasteiger partial charge in [0.1, 0.15) is 5.56 Å². The Morgan fingerprint density at radius 2 is 2.12 bits per heavy atom. The molecule has 0 aliphatic heterocycles. The maximum atomic E-state index is 12.2. The fourth-order valence-electron chi connectivity index (χ4n) is 1.01. The molecule has 9 heteroatoms. The molecule has 86 valence electrons. The van der Waals surface area contributed by atoms with Crippen molar-refractivity contribution in [2.24, 2.45) is 0 Å². The quantitative estimate of drug-likeness (QED) is 0.596. The average molecular weight is 234 g/mol. The summed E-state index contributed by atoms with van der Waals surface area (Å²) in [6.07, 6.45) is -3.21. The highest BCUT2D eigenvalue weighted by Gasteiger charge is 2.25. The SMILES string of the molecule is O=C(O)c1cc(C(F)F)c(=O)[nH]c1[N+](=O)[O-]. The Hall–Kier alpha value is -2.32. The van der Waals surface area contributed by atoms with Gasteiger partial charge in [0.2, 0.25) is 0 Å². The molecule has 0 atom stereocenters. The van der Waals surface area contributed by atoms with E-state index in [2.05, 4.69) is 0 Å². The molecule has 0 aromatic carbocycles. The molecule has 0 radical (unpaired) electrons. The molecule has 0 fully saturated rings. The van der Waals surface area contributed by atoms with E-state index in [1.54, 1.807) is 0 Å². The van der Waals surface area contributed by atoms with E-state index < -0.39 is 39.8 Å². The lowest BCUT2D eigenvalue weighted by molar-refractivity contribution is -0.390. The number of carbonyl (C=O) groups is 1. The van der Waals surface area contributed by atoms with Crippen LogP contribution in [0, 0.1) is 10.1 Å². The van der Waals surface area contributed by atoms with E-state index in [1.165, 1.54) is 4.98 Å². The zero-order valence-corrected chi connectivity index (χ0v) is 7.44. The normalized spacial score (nSPS) is 10.4. The second-order valence-corrected chi connectivity index (χ2v) is 2.68. The number of aromatic carboxylic acids is 1. The Morgan fingerprint density at radius 1 is 1.56 bits per heavy atom. The van der Waals surface area contributed by atoms with Crippen LogP contribution in [-0.2, 0) is 0 Å². The Kier molecular flexibility index (Phi) is 2.97. The number of carboxylic acid groups (broad SMARTS) is 1. The van der Waals surface area contributed by atoms with Crippen LogP contribution in [0.3, 0.4) is 0 Å². The number of aromatic nitrogens is 1. The smallest absolute Gasteiger partial charge is 0.344 e. The van der Waals surface area contributed by atoms with E-state index in [-0.39, 0.29) is 0 Å². The number of nitrogens with one attached hydrogen (secondary N) is 1. The van der Waals surface area contributed by atoms with Gasteiger partial charge in [-0.15, -0.1) is 0 Å². The van der Waals surface area contributed by atoms with Gasteiger partial charge in [0.05, 0.1) is 0 Å². The summed E-state index contributed by atoms with van der Waals surface area (Å²) >= 11 is 0. The molecule has 7 nitrogen and oxygen atoms in total. The molecule has 0 aliphatic carbocycles. The third-order valence-corrected chi connectivity index (χ3v) is 1.70. The van der Waals surface area contributed by atoms with Gasteiger partial charge in [-0.3, -0.25) is 0 Å². The number of nitrogens with zero attached hydrogens (tertiary/aromatic N) is 1. The zero-order chi connectivity index (χ0) is 12.5. The number of alkyl halides is 2. The maximum Gasteiger partial charge on any atom is 0.344 e. The lowest BCUT2D eigenvalue weighted by Crippen LogP contribution is -2.18. The van der Waals surface area contributed by atoms with Gasteiger partial charge < -0.3 is 15.2 Å². The van der Waals surface area contributed by atoms with Crippen molar-refractivity contribution in [3.8, 4) is 0 Å². The fraction of sp³-hybridized carbons (Fsp3) is 0.143. The van der Waals surface area contributed by atoms with Crippen LogP contribution in [0.2, 0.25) is 0 Å². The average Bonchev–Trinajstić information content (AvgIpc) is 2.15. The molecule has 0 spiro atoms. The van der Waals surface area contributed by atoms with E-state index in [0.29, 0.717) is 6.07 Å². The number of rotatable bonds is 3. The number of pyridine rings is 1. The second kappa shape index (κ2) is 4.04. The number of aromatic amines is 1. The summed E-state index contributed by atoms with van der Waals surface area (Å²) in [5, 5.41) is 18.9. The molecule has 0 unspecified atom stereocenters. The standard InChI is InChI=1S/C7H4F2N2O5/c8-4(9)2-1-3(7(13)14)5(11(15)16)10-6(2)12/h1,4H,(H,10,12)(H,13,14). The molecular formula is C7H4F2N2O5. The highest BCUT2D eigenvalue weighted by atomic mass is 19.3. The van der Waals surface area contributed by atoms with Crippen LogP contribution < -0.4 is 5.56 Å². The van der Waals surface area contributed by atoms with Crippen molar-refractivity contribution in [2.45, 2.75) is 6.43 Å². The van der Waals surface area contributed by atoms with Crippen LogP contribution in [0.5, 0.6) is 0 Å². The van der Waals surface area contributed by atoms with Crippen molar-refractivity contribution in [3.63, 3.8) is 0 Å². The fourth-order valence-corrected chi connectivity index (χ4v) is 1.01. The second-order valence-electron chi connectivity index (χ2n) is 2.68. The van der Waals surface area contributed by atoms with Crippen molar-refractivity contribution in [2.75, 3.05) is 0 Å². The summed E-state index contributed by atoms with van der Waals surface area (Å²) in [5.41, 5.74) is -3.49. The van der Waals surface area contributed by atoms with Gasteiger partial charge in [0.15, 0.2) is 5.56 Å². The lowest BCUT2D eigenvalue weighted by atomic mass is 10.2. The number of hydrogen-bond donors (Lipinski definition) is 2. The summed E-state index contributed by atoms with van der Waals surface area (Å²) < 4.78 is 24.4. The van der Waals surface area contributed by atoms with Crippen LogP contribution in [0.15, 0.2) is 10.9 Å². The van der Waals surface area contributed by atoms with Crippen molar-refractivity contribution in [1.82, 2.24) is 4.98 Å². The molecule has 1 aromatic heterocycles. The van der Waals surface area contributed by atoms with Gasteiger partial charge in [-0.2, -0.15) is 0 Å². The summed E-state index contributed by atoms with van der Waals surface area (Å²) in [5.74, 6) is -2.90. The van der Waals surface area contributed by atoms with Gasteiger partial charge in [-0.25, -0.2) is 23.4 Å². The molecule has 16 heavy (non-hydrogen) atoms. The molecule has 0 saturated heterocycles. The molecule has 0 saturated carbocycles. The van der Waals surface area contributed by atoms with Crippen molar-refractivity contribution < 1.29 is 23.6 Å². The first-order valence-electron chi connectivity index (χ1n) is 3.77. The predicted octanol–water partition coefficient (Wildman–Crippen LogP) is 0.919. The van der Waals surface area contributed by atoms with Gasteiger partial charge in [0.25, 0.3) is 6.43 Å². The molecular weight excluding hydrogens is 230 g/mol. The number of H-pyrrole nitrogens is 1. The summed E-state index contributed by atoms with van der Waals surface area (Å²) in [6, 6.07) is 0.296. The van der Waals surface area contributed by atoms with Crippen LogP contribution >= 0.6 is 0 Å². The van der Waals surface area contributed by atoms with Crippen LogP contribution in [-0.4, -0.2) is 21.0 Å². The molecule has 1 aromatic rings. The Labute approximate surface area is 85.5 Å². The van der Waals surface area contributed by atoms with Gasteiger partial charge >= 0.3 is 17.3 Å². The van der Waals surface area contributed by atoms with Crippen molar-refractivity contribution >= 4 is 11.8 Å². The van der Waals surface area contributed by atoms with Gasteiger partial charge in [0, 0.05) is 0 Å².